The molecule has 0 aliphatic carbocycles. The first-order valence-electron chi connectivity index (χ1n) is 15.5. The lowest BCUT2D eigenvalue weighted by Gasteiger charge is -2.30. The van der Waals surface area contributed by atoms with E-state index >= 15 is 0 Å². The number of imide groups is 1. The van der Waals surface area contributed by atoms with Crippen molar-refractivity contribution in [2.24, 2.45) is 5.92 Å². The van der Waals surface area contributed by atoms with E-state index in [2.05, 4.69) is 6.58 Å². The highest BCUT2D eigenvalue weighted by atomic mass is 31.2. The number of amides is 2. The lowest BCUT2D eigenvalue weighted by atomic mass is 9.82. The average molecular weight is 674 g/mol. The highest BCUT2D eigenvalue weighted by Gasteiger charge is 2.44. The fraction of sp³-hybridized carbons (Fsp3) is 0.514. The van der Waals surface area contributed by atoms with Crippen molar-refractivity contribution < 1.29 is 47.5 Å². The summed E-state index contributed by atoms with van der Waals surface area (Å²) in [7, 11) is -3.95. The number of benzene rings is 2. The Labute approximate surface area is 277 Å². The number of cyclic esters (lactones) is 1. The van der Waals surface area contributed by atoms with E-state index in [1.165, 1.54) is 0 Å². The Bertz CT molecular complexity index is 1420. The molecule has 0 aromatic heterocycles. The molecule has 3 rings (SSSR count). The van der Waals surface area contributed by atoms with Crippen LogP contribution in [0.1, 0.15) is 97.4 Å². The van der Waals surface area contributed by atoms with E-state index in [9.17, 15) is 18.9 Å². The topological polar surface area (TPSA) is 127 Å². The molecule has 0 saturated carbocycles. The van der Waals surface area contributed by atoms with Crippen molar-refractivity contribution in [3.63, 3.8) is 0 Å². The Hall–Kier alpha value is -3.34. The fourth-order valence-corrected chi connectivity index (χ4v) is 6.16. The molecule has 12 heteroatoms. The smallest absolute Gasteiger partial charge is 0.417 e. The van der Waals surface area contributed by atoms with Gasteiger partial charge >= 0.3 is 19.7 Å². The van der Waals surface area contributed by atoms with Crippen molar-refractivity contribution >= 4 is 25.6 Å². The van der Waals surface area contributed by atoms with Crippen molar-refractivity contribution in [1.82, 2.24) is 4.90 Å². The van der Waals surface area contributed by atoms with E-state index in [4.69, 9.17) is 28.6 Å². The minimum Gasteiger partial charge on any atom is -0.460 e. The van der Waals surface area contributed by atoms with Crippen molar-refractivity contribution in [3.8, 4) is 0 Å². The summed E-state index contributed by atoms with van der Waals surface area (Å²) in [5, 5.41) is 0. The zero-order valence-electron chi connectivity index (χ0n) is 28.8. The summed E-state index contributed by atoms with van der Waals surface area (Å²) in [6, 6.07) is 15.3. The summed E-state index contributed by atoms with van der Waals surface area (Å²) in [5.74, 6) is -2.95. The molecule has 0 spiro atoms. The molecule has 1 saturated heterocycles. The number of nitrogens with zero attached hydrogens (tertiary/aromatic N) is 1. The molecule has 0 bridgehead atoms. The Morgan fingerprint density at radius 3 is 1.96 bits per heavy atom. The average Bonchev–Trinajstić information content (AvgIpc) is 3.35. The van der Waals surface area contributed by atoms with Crippen LogP contribution in [0.5, 0.6) is 0 Å². The Kier molecular flexibility index (Phi) is 12.4. The molecule has 0 N–H and O–H groups in total. The number of esters is 1. The number of carbonyl (C=O) groups is 3. The summed E-state index contributed by atoms with van der Waals surface area (Å²) in [5.41, 5.74) is -0.403. The van der Waals surface area contributed by atoms with Gasteiger partial charge in [-0.05, 0) is 79.0 Å². The summed E-state index contributed by atoms with van der Waals surface area (Å²) in [4.78, 5) is 52.1. The van der Waals surface area contributed by atoms with Gasteiger partial charge in [0, 0.05) is 5.92 Å². The van der Waals surface area contributed by atoms with Gasteiger partial charge in [0.1, 0.15) is 18.2 Å². The molecule has 1 aliphatic heterocycles. The predicted molar refractivity (Wildman–Crippen MR) is 176 cm³/mol. The number of rotatable bonds is 13. The van der Waals surface area contributed by atoms with Crippen LogP contribution >= 0.6 is 7.60 Å². The second kappa shape index (κ2) is 15.3. The standard InChI is InChI=1S/C35H48NO10P/c1-11-27(25-19-17-24(18-20-25)23-47(40,45-43-34(5,6)7)46-44-35(8,9)10)28(21-30(37)42-33(2,3)4)31(38)36-29(22-41-32(36)39)26-15-13-12-14-16-26/h11-20,27-29H,1,21-23H2,2-10H3/t27-,28+,29-/m1/s1. The van der Waals surface area contributed by atoms with Crippen molar-refractivity contribution in [3.05, 3.63) is 83.9 Å². The molecular formula is C35H48NO10P. The van der Waals surface area contributed by atoms with E-state index in [1.54, 1.807) is 92.7 Å². The zero-order chi connectivity index (χ0) is 35.2. The largest absolute Gasteiger partial charge is 0.460 e. The van der Waals surface area contributed by atoms with Gasteiger partial charge in [0.2, 0.25) is 5.91 Å². The maximum atomic E-state index is 14.2. The second-order valence-corrected chi connectivity index (χ2v) is 16.3. The van der Waals surface area contributed by atoms with Crippen molar-refractivity contribution in [1.29, 1.82) is 0 Å². The van der Waals surface area contributed by atoms with Gasteiger partial charge in [-0.1, -0.05) is 60.7 Å². The zero-order valence-corrected chi connectivity index (χ0v) is 29.7. The van der Waals surface area contributed by atoms with Gasteiger partial charge in [0.05, 0.1) is 29.7 Å². The van der Waals surface area contributed by atoms with Crippen LogP contribution in [0, 0.1) is 5.92 Å². The molecule has 0 radical (unpaired) electrons. The van der Waals surface area contributed by atoms with E-state index in [-0.39, 0.29) is 19.2 Å². The fourth-order valence-electron chi connectivity index (χ4n) is 4.70. The third-order valence-electron chi connectivity index (χ3n) is 6.65. The van der Waals surface area contributed by atoms with Crippen LogP contribution in [0.3, 0.4) is 0 Å². The summed E-state index contributed by atoms with van der Waals surface area (Å²) in [6.07, 6.45) is 0.274. The van der Waals surface area contributed by atoms with Crippen LogP contribution < -0.4 is 0 Å². The van der Waals surface area contributed by atoms with Crippen LogP contribution in [-0.2, 0) is 48.9 Å². The first kappa shape index (κ1) is 38.1. The molecule has 2 aromatic carbocycles. The lowest BCUT2D eigenvalue weighted by Crippen LogP contribution is -2.42. The van der Waals surface area contributed by atoms with Crippen LogP contribution in [0.4, 0.5) is 4.79 Å². The predicted octanol–water partition coefficient (Wildman–Crippen LogP) is 8.21. The molecular weight excluding hydrogens is 625 g/mol. The first-order valence-corrected chi connectivity index (χ1v) is 17.2. The van der Waals surface area contributed by atoms with Gasteiger partial charge in [-0.15, -0.1) is 15.9 Å². The molecule has 2 aromatic rings. The lowest BCUT2D eigenvalue weighted by molar-refractivity contribution is -0.326. The minimum absolute atomic E-state index is 0.0107. The maximum absolute atomic E-state index is 14.2. The first-order chi connectivity index (χ1) is 21.7. The number of allylic oxidation sites excluding steroid dienone is 1. The number of carbonyl (C=O) groups excluding carboxylic acids is 3. The number of hydrogen-bond acceptors (Lipinski definition) is 10. The molecule has 1 heterocycles. The Morgan fingerprint density at radius 1 is 0.915 bits per heavy atom. The SMILES string of the molecule is C=C[C@H](c1ccc(CP(=O)(OOC(C)(C)C)OOC(C)(C)C)cc1)[C@H](CC(=O)OC(C)(C)C)C(=O)N1C(=O)OC[C@@H]1c1ccccc1. The second-order valence-electron chi connectivity index (χ2n) is 14.4. The van der Waals surface area contributed by atoms with Gasteiger partial charge in [0.15, 0.2) is 0 Å². The van der Waals surface area contributed by atoms with E-state index in [1.807, 2.05) is 30.3 Å². The normalized spacial score (nSPS) is 17.2. The highest BCUT2D eigenvalue weighted by Crippen LogP contribution is 2.53. The van der Waals surface area contributed by atoms with Crippen molar-refractivity contribution in [2.45, 2.75) is 104 Å². The van der Waals surface area contributed by atoms with E-state index < -0.39 is 60.2 Å². The summed E-state index contributed by atoms with van der Waals surface area (Å²) >= 11 is 0. The number of hydrogen-bond donors (Lipinski definition) is 0. The summed E-state index contributed by atoms with van der Waals surface area (Å²) < 4.78 is 35.1. The quantitative estimate of drug-likeness (QED) is 0.0675. The van der Waals surface area contributed by atoms with Gasteiger partial charge in [0.25, 0.3) is 0 Å². The Balaban J connectivity index is 1.94. The molecule has 47 heavy (non-hydrogen) atoms. The molecule has 0 unspecified atom stereocenters. The molecule has 1 fully saturated rings. The highest BCUT2D eigenvalue weighted by molar-refractivity contribution is 7.52. The minimum atomic E-state index is -3.95. The molecule has 258 valence electrons. The monoisotopic (exact) mass is 673 g/mol. The molecule has 3 atom stereocenters. The van der Waals surface area contributed by atoms with Crippen molar-refractivity contribution in [2.75, 3.05) is 6.61 Å². The van der Waals surface area contributed by atoms with Crippen LogP contribution in [0.25, 0.3) is 0 Å². The number of ether oxygens (including phenoxy) is 2. The van der Waals surface area contributed by atoms with E-state index in [0.717, 1.165) is 10.5 Å². The van der Waals surface area contributed by atoms with Crippen LogP contribution in [0.15, 0.2) is 67.3 Å². The maximum Gasteiger partial charge on any atom is 0.417 e. The van der Waals surface area contributed by atoms with Gasteiger partial charge < -0.3 is 9.47 Å². The van der Waals surface area contributed by atoms with Gasteiger partial charge in [-0.3, -0.25) is 14.2 Å². The molecule has 2 amide bonds. The van der Waals surface area contributed by atoms with Gasteiger partial charge in [-0.25, -0.2) is 19.5 Å². The van der Waals surface area contributed by atoms with Crippen LogP contribution in [-0.4, -0.2) is 46.3 Å². The van der Waals surface area contributed by atoms with Gasteiger partial charge in [-0.2, -0.15) is 0 Å². The third-order valence-corrected chi connectivity index (χ3v) is 8.00. The third kappa shape index (κ3) is 11.7. The van der Waals surface area contributed by atoms with Crippen LogP contribution in [0.2, 0.25) is 0 Å². The molecule has 11 nitrogen and oxygen atoms in total. The summed E-state index contributed by atoms with van der Waals surface area (Å²) in [6.45, 7) is 19.6. The Morgan fingerprint density at radius 2 is 1.47 bits per heavy atom. The van der Waals surface area contributed by atoms with E-state index in [0.29, 0.717) is 11.1 Å². The molecule has 1 aliphatic rings.